The number of H-pyrrole nitrogens is 1. The van der Waals surface area contributed by atoms with Crippen molar-refractivity contribution >= 4 is 17.4 Å². The normalized spacial score (nSPS) is 17.7. The van der Waals surface area contributed by atoms with Gasteiger partial charge in [0.05, 0.1) is 19.7 Å². The number of hydrogen-bond acceptors (Lipinski definition) is 4. The van der Waals surface area contributed by atoms with Crippen LogP contribution < -0.4 is 14.4 Å². The zero-order valence-corrected chi connectivity index (χ0v) is 17.5. The number of rotatable bonds is 7. The van der Waals surface area contributed by atoms with E-state index in [1.54, 1.807) is 30.7 Å². The van der Waals surface area contributed by atoms with Crippen LogP contribution in [0.15, 0.2) is 72.8 Å². The fourth-order valence-corrected chi connectivity index (χ4v) is 3.90. The van der Waals surface area contributed by atoms with E-state index in [9.17, 15) is 19.1 Å². The number of carbonyl (C=O) groups excluding carboxylic acids is 2. The lowest BCUT2D eigenvalue weighted by molar-refractivity contribution is -0.695. The molecular formula is C24H22FN3O4. The quantitative estimate of drug-likeness (QED) is 0.265. The maximum atomic E-state index is 13.5. The number of aromatic amines is 1. The molecule has 4 rings (SSSR count). The Labute approximate surface area is 184 Å². The average Bonchev–Trinajstić information content (AvgIpc) is 3.41. The number of ether oxygens (including phenoxy) is 1. The van der Waals surface area contributed by atoms with Crippen LogP contribution in [-0.4, -0.2) is 35.2 Å². The SMILES string of the molecule is COc1cccc(/C([O-])=C2\C(=O)C(=O)N(CCC[n+]3cc[nH]c3)C2c2ccc(F)cc2)c1. The van der Waals surface area contributed by atoms with E-state index in [0.29, 0.717) is 24.3 Å². The summed E-state index contributed by atoms with van der Waals surface area (Å²) >= 11 is 0. The molecule has 32 heavy (non-hydrogen) atoms. The van der Waals surface area contributed by atoms with Gasteiger partial charge in [0, 0.05) is 18.5 Å². The zero-order valence-electron chi connectivity index (χ0n) is 17.5. The number of amides is 1. The number of likely N-dealkylation sites (tertiary alicyclic amines) is 1. The lowest BCUT2D eigenvalue weighted by Crippen LogP contribution is -2.36. The third-order valence-electron chi connectivity index (χ3n) is 5.47. The van der Waals surface area contributed by atoms with Gasteiger partial charge < -0.3 is 14.7 Å². The first kappa shape index (κ1) is 21.3. The van der Waals surface area contributed by atoms with Gasteiger partial charge in [-0.05, 0) is 35.4 Å². The summed E-state index contributed by atoms with van der Waals surface area (Å²) in [6.07, 6.45) is 6.00. The fraction of sp³-hybridized carbons (Fsp3) is 0.208. The highest BCUT2D eigenvalue weighted by molar-refractivity contribution is 6.46. The molecule has 0 saturated carbocycles. The third kappa shape index (κ3) is 4.12. The fourth-order valence-electron chi connectivity index (χ4n) is 3.90. The van der Waals surface area contributed by atoms with Crippen LogP contribution >= 0.6 is 0 Å². The Hall–Kier alpha value is -3.94. The molecule has 0 spiro atoms. The Bertz CT molecular complexity index is 1160. The predicted molar refractivity (Wildman–Crippen MR) is 111 cm³/mol. The lowest BCUT2D eigenvalue weighted by Gasteiger charge is -2.27. The number of carbonyl (C=O) groups is 2. The minimum Gasteiger partial charge on any atom is -0.872 e. The van der Waals surface area contributed by atoms with Gasteiger partial charge in [-0.25, -0.2) is 8.96 Å². The molecule has 2 aromatic carbocycles. The molecule has 1 N–H and O–H groups in total. The van der Waals surface area contributed by atoms with Crippen LogP contribution in [0, 0.1) is 5.82 Å². The second-order valence-electron chi connectivity index (χ2n) is 7.46. The summed E-state index contributed by atoms with van der Waals surface area (Å²) in [6.45, 7) is 0.885. The molecule has 3 aromatic rings. The van der Waals surface area contributed by atoms with Crippen molar-refractivity contribution in [3.8, 4) is 5.75 Å². The number of ketones is 1. The van der Waals surface area contributed by atoms with Crippen LogP contribution in [-0.2, 0) is 16.1 Å². The number of aryl methyl sites for hydroxylation is 1. The van der Waals surface area contributed by atoms with Crippen LogP contribution in [0.1, 0.15) is 23.6 Å². The Morgan fingerprint density at radius 1 is 1.22 bits per heavy atom. The molecule has 0 aliphatic carbocycles. The minimum atomic E-state index is -0.884. The lowest BCUT2D eigenvalue weighted by atomic mass is 9.95. The van der Waals surface area contributed by atoms with E-state index in [2.05, 4.69) is 4.98 Å². The number of aromatic nitrogens is 2. The van der Waals surface area contributed by atoms with Gasteiger partial charge in [-0.1, -0.05) is 30.0 Å². The van der Waals surface area contributed by atoms with Crippen molar-refractivity contribution in [1.82, 2.24) is 9.88 Å². The van der Waals surface area contributed by atoms with Crippen molar-refractivity contribution in [3.05, 3.63) is 89.8 Å². The predicted octanol–water partition coefficient (Wildman–Crippen LogP) is 1.76. The molecule has 1 aliphatic heterocycles. The number of nitrogens with one attached hydrogen (secondary N) is 1. The molecule has 1 amide bonds. The highest BCUT2D eigenvalue weighted by Gasteiger charge is 2.43. The smallest absolute Gasteiger partial charge is 0.295 e. The highest BCUT2D eigenvalue weighted by atomic mass is 19.1. The number of hydrogen-bond donors (Lipinski definition) is 1. The van der Waals surface area contributed by atoms with E-state index in [1.807, 2.05) is 10.8 Å². The molecule has 2 heterocycles. The summed E-state index contributed by atoms with van der Waals surface area (Å²) in [5, 5.41) is 13.4. The molecule has 1 saturated heterocycles. The molecule has 1 fully saturated rings. The van der Waals surface area contributed by atoms with Gasteiger partial charge >= 0.3 is 0 Å². The largest absolute Gasteiger partial charge is 0.872 e. The number of methoxy groups -OCH3 is 1. The van der Waals surface area contributed by atoms with Gasteiger partial charge in [0.2, 0.25) is 12.1 Å². The van der Waals surface area contributed by atoms with Crippen molar-refractivity contribution in [2.45, 2.75) is 19.0 Å². The van der Waals surface area contributed by atoms with E-state index >= 15 is 0 Å². The Kier molecular flexibility index (Phi) is 6.02. The molecular weight excluding hydrogens is 413 g/mol. The standard InChI is InChI=1S/C24H22FN3O4/c1-32-19-5-2-4-17(14-19)22(29)20-21(16-6-8-18(25)9-7-16)28(24(31)23(20)30)12-3-11-27-13-10-26-15-27/h2,4-10,13-15,21H,3,11-12H2,1H3,(H,29,30). The first-order chi connectivity index (χ1) is 15.5. The van der Waals surface area contributed by atoms with E-state index in [-0.39, 0.29) is 17.7 Å². The first-order valence-electron chi connectivity index (χ1n) is 10.2. The van der Waals surface area contributed by atoms with Gasteiger partial charge in [-0.3, -0.25) is 14.6 Å². The number of nitrogens with zero attached hydrogens (tertiary/aromatic N) is 2. The van der Waals surface area contributed by atoms with Crippen LogP contribution in [0.3, 0.4) is 0 Å². The Morgan fingerprint density at radius 3 is 2.69 bits per heavy atom. The van der Waals surface area contributed by atoms with Crippen molar-refractivity contribution in [1.29, 1.82) is 0 Å². The molecule has 8 heteroatoms. The number of Topliss-reactive ketones (excluding diaryl/α,β-unsaturated/α-hetero) is 1. The summed E-state index contributed by atoms with van der Waals surface area (Å²) in [7, 11) is 1.48. The van der Waals surface area contributed by atoms with Gasteiger partial charge in [0.15, 0.2) is 0 Å². The van der Waals surface area contributed by atoms with Gasteiger partial charge in [-0.2, -0.15) is 0 Å². The number of halogens is 1. The molecule has 7 nitrogen and oxygen atoms in total. The molecule has 0 bridgehead atoms. The molecule has 1 unspecified atom stereocenters. The maximum Gasteiger partial charge on any atom is 0.295 e. The summed E-state index contributed by atoms with van der Waals surface area (Å²) in [5.41, 5.74) is 0.618. The van der Waals surface area contributed by atoms with Gasteiger partial charge in [0.25, 0.3) is 5.91 Å². The molecule has 1 aliphatic rings. The van der Waals surface area contributed by atoms with Crippen LogP contribution in [0.5, 0.6) is 5.75 Å². The number of imidazole rings is 1. The third-order valence-corrected chi connectivity index (χ3v) is 5.47. The van der Waals surface area contributed by atoms with Crippen LogP contribution in [0.2, 0.25) is 0 Å². The molecule has 0 radical (unpaired) electrons. The summed E-state index contributed by atoms with van der Waals surface area (Å²) in [6, 6.07) is 11.1. The van der Waals surface area contributed by atoms with Crippen molar-refractivity contribution in [2.24, 2.45) is 0 Å². The van der Waals surface area contributed by atoms with Crippen LogP contribution in [0.4, 0.5) is 4.39 Å². The zero-order chi connectivity index (χ0) is 22.7. The van der Waals surface area contributed by atoms with Crippen molar-refractivity contribution < 1.29 is 28.4 Å². The summed E-state index contributed by atoms with van der Waals surface area (Å²) in [4.78, 5) is 30.2. The van der Waals surface area contributed by atoms with E-state index < -0.39 is 29.3 Å². The van der Waals surface area contributed by atoms with E-state index in [1.165, 1.54) is 42.3 Å². The monoisotopic (exact) mass is 435 g/mol. The first-order valence-corrected chi connectivity index (χ1v) is 10.2. The molecule has 1 atom stereocenters. The van der Waals surface area contributed by atoms with E-state index in [0.717, 1.165) is 0 Å². The van der Waals surface area contributed by atoms with E-state index in [4.69, 9.17) is 4.74 Å². The molecule has 1 aromatic heterocycles. The maximum absolute atomic E-state index is 13.5. The Morgan fingerprint density at radius 2 is 2.00 bits per heavy atom. The van der Waals surface area contributed by atoms with Crippen LogP contribution in [0.25, 0.3) is 5.76 Å². The highest BCUT2D eigenvalue weighted by Crippen LogP contribution is 2.39. The van der Waals surface area contributed by atoms with Gasteiger partial charge in [0.1, 0.15) is 24.0 Å². The number of benzene rings is 2. The Balaban J connectivity index is 1.73. The second kappa shape index (κ2) is 9.05. The second-order valence-corrected chi connectivity index (χ2v) is 7.46. The minimum absolute atomic E-state index is 0.135. The molecule has 164 valence electrons. The topological polar surface area (TPSA) is 89.3 Å². The summed E-state index contributed by atoms with van der Waals surface area (Å²) in [5.74, 6) is -2.09. The average molecular weight is 435 g/mol. The van der Waals surface area contributed by atoms with Crippen molar-refractivity contribution in [3.63, 3.8) is 0 Å². The summed E-state index contributed by atoms with van der Waals surface area (Å²) < 4.78 is 20.6. The van der Waals surface area contributed by atoms with Crippen molar-refractivity contribution in [2.75, 3.05) is 13.7 Å². The van der Waals surface area contributed by atoms with Gasteiger partial charge in [-0.15, -0.1) is 0 Å².